The molecule has 0 aliphatic heterocycles. The number of thiazole rings is 1. The summed E-state index contributed by atoms with van der Waals surface area (Å²) in [6, 6.07) is 10.7. The Labute approximate surface area is 168 Å². The van der Waals surface area contributed by atoms with Gasteiger partial charge in [0.2, 0.25) is 5.91 Å². The number of hydrogen-bond acceptors (Lipinski definition) is 6. The fraction of sp³-hybridized carbons (Fsp3) is 0.300. The van der Waals surface area contributed by atoms with Crippen LogP contribution in [0.15, 0.2) is 41.3 Å². The zero-order chi connectivity index (χ0) is 20.3. The minimum atomic E-state index is -3.27. The predicted molar refractivity (Wildman–Crippen MR) is 112 cm³/mol. The Bertz CT molecular complexity index is 1120. The first-order chi connectivity index (χ1) is 13.2. The molecule has 0 aliphatic carbocycles. The van der Waals surface area contributed by atoms with Gasteiger partial charge in [-0.15, -0.1) is 0 Å². The Balaban J connectivity index is 1.53. The minimum absolute atomic E-state index is 0.147. The number of nitrogens with one attached hydrogen (secondary N) is 1. The quantitative estimate of drug-likeness (QED) is 0.584. The van der Waals surface area contributed by atoms with E-state index in [0.717, 1.165) is 22.3 Å². The fourth-order valence-electron chi connectivity index (χ4n) is 2.75. The van der Waals surface area contributed by atoms with E-state index in [-0.39, 0.29) is 10.8 Å². The van der Waals surface area contributed by atoms with E-state index in [4.69, 9.17) is 4.74 Å². The van der Waals surface area contributed by atoms with Gasteiger partial charge in [0.25, 0.3) is 0 Å². The smallest absolute Gasteiger partial charge is 0.226 e. The van der Waals surface area contributed by atoms with E-state index in [1.165, 1.54) is 23.0 Å². The molecule has 3 rings (SSSR count). The molecule has 8 heteroatoms. The first kappa shape index (κ1) is 20.3. The average molecular weight is 419 g/mol. The first-order valence-corrected chi connectivity index (χ1v) is 11.5. The molecule has 0 unspecified atom stereocenters. The highest BCUT2D eigenvalue weighted by Gasteiger charge is 2.12. The summed E-state index contributed by atoms with van der Waals surface area (Å²) < 4.78 is 29.8. The topological polar surface area (TPSA) is 85.4 Å². The number of hydrogen-bond donors (Lipinski definition) is 1. The van der Waals surface area contributed by atoms with Gasteiger partial charge in [-0.2, -0.15) is 0 Å². The van der Waals surface area contributed by atoms with E-state index in [1.54, 1.807) is 12.1 Å². The highest BCUT2D eigenvalue weighted by atomic mass is 32.2. The number of aromatic nitrogens is 1. The van der Waals surface area contributed by atoms with Crippen molar-refractivity contribution >= 4 is 42.4 Å². The van der Waals surface area contributed by atoms with Crippen LogP contribution >= 0.6 is 11.3 Å². The Hall–Kier alpha value is -2.45. The summed E-state index contributed by atoms with van der Waals surface area (Å²) in [6.45, 7) is 4.48. The maximum Gasteiger partial charge on any atom is 0.226 e. The molecule has 1 amide bonds. The molecule has 1 heterocycles. The first-order valence-electron chi connectivity index (χ1n) is 8.83. The van der Waals surface area contributed by atoms with Crippen molar-refractivity contribution in [3.05, 3.63) is 47.5 Å². The number of amides is 1. The summed E-state index contributed by atoms with van der Waals surface area (Å²) in [5, 5.41) is 3.23. The molecule has 0 spiro atoms. The number of ether oxygens (including phenoxy) is 1. The van der Waals surface area contributed by atoms with E-state index in [1.807, 2.05) is 26.0 Å². The van der Waals surface area contributed by atoms with Gasteiger partial charge in [-0.1, -0.05) is 29.0 Å². The molecule has 1 N–H and O–H groups in total. The second-order valence-corrected chi connectivity index (χ2v) is 9.74. The Morgan fingerprint density at radius 3 is 2.68 bits per heavy atom. The molecule has 0 bridgehead atoms. The maximum atomic E-state index is 12.1. The zero-order valence-electron chi connectivity index (χ0n) is 16.0. The Morgan fingerprint density at radius 1 is 1.18 bits per heavy atom. The van der Waals surface area contributed by atoms with Crippen LogP contribution in [0.25, 0.3) is 10.2 Å². The molecule has 0 aliphatic rings. The molecule has 3 aromatic rings. The lowest BCUT2D eigenvalue weighted by Crippen LogP contribution is -2.12. The van der Waals surface area contributed by atoms with Crippen LogP contribution in [0, 0.1) is 13.8 Å². The Morgan fingerprint density at radius 2 is 1.96 bits per heavy atom. The predicted octanol–water partition coefficient (Wildman–Crippen LogP) is 4.11. The molecule has 148 valence electrons. The lowest BCUT2D eigenvalue weighted by atomic mass is 10.1. The Kier molecular flexibility index (Phi) is 6.00. The molecule has 2 aromatic carbocycles. The van der Waals surface area contributed by atoms with Crippen molar-refractivity contribution in [1.29, 1.82) is 0 Å². The van der Waals surface area contributed by atoms with Crippen LogP contribution in [0.2, 0.25) is 0 Å². The average Bonchev–Trinajstić information content (AvgIpc) is 3.00. The summed E-state index contributed by atoms with van der Waals surface area (Å²) in [4.78, 5) is 16.7. The number of anilines is 1. The van der Waals surface area contributed by atoms with Crippen LogP contribution in [0.1, 0.15) is 24.0 Å². The van der Waals surface area contributed by atoms with Crippen molar-refractivity contribution in [3.8, 4) is 5.75 Å². The number of benzene rings is 2. The van der Waals surface area contributed by atoms with Crippen molar-refractivity contribution in [1.82, 2.24) is 4.98 Å². The maximum absolute atomic E-state index is 12.1. The van der Waals surface area contributed by atoms with Crippen molar-refractivity contribution in [2.45, 2.75) is 31.6 Å². The largest absolute Gasteiger partial charge is 0.493 e. The van der Waals surface area contributed by atoms with Crippen LogP contribution in [0.4, 0.5) is 5.13 Å². The van der Waals surface area contributed by atoms with Crippen LogP contribution < -0.4 is 10.1 Å². The number of carbonyl (C=O) groups excluding carboxylic acids is 1. The van der Waals surface area contributed by atoms with Gasteiger partial charge >= 0.3 is 0 Å². The molecule has 0 fully saturated rings. The third kappa shape index (κ3) is 5.08. The molecule has 1 aromatic heterocycles. The summed E-state index contributed by atoms with van der Waals surface area (Å²) in [5.41, 5.74) is 2.92. The molecule has 0 radical (unpaired) electrons. The summed E-state index contributed by atoms with van der Waals surface area (Å²) in [7, 11) is -3.27. The molecule has 6 nitrogen and oxygen atoms in total. The van der Waals surface area contributed by atoms with Crippen LogP contribution in [-0.2, 0) is 14.6 Å². The second kappa shape index (κ2) is 8.28. The molecule has 0 saturated heterocycles. The number of carbonyl (C=O) groups is 1. The zero-order valence-corrected chi connectivity index (χ0v) is 17.6. The SMILES string of the molecule is Cc1ccc(OCCCC(=O)Nc2nc3ccc(S(C)(=O)=O)cc3s2)c(C)c1. The number of nitrogens with zero attached hydrogens (tertiary/aromatic N) is 1. The number of rotatable bonds is 7. The van der Waals surface area contributed by atoms with Gasteiger partial charge in [0.1, 0.15) is 5.75 Å². The molecule has 0 atom stereocenters. The number of fused-ring (bicyclic) bond motifs is 1. The lowest BCUT2D eigenvalue weighted by Gasteiger charge is -2.09. The van der Waals surface area contributed by atoms with Gasteiger partial charge in [0.05, 0.1) is 21.7 Å². The molecular formula is C20H22N2O4S2. The second-order valence-electron chi connectivity index (χ2n) is 6.69. The number of aryl methyl sites for hydroxylation is 2. The molecule has 28 heavy (non-hydrogen) atoms. The van der Waals surface area contributed by atoms with E-state index < -0.39 is 9.84 Å². The van der Waals surface area contributed by atoms with Gasteiger partial charge in [-0.3, -0.25) is 4.79 Å². The van der Waals surface area contributed by atoms with E-state index in [9.17, 15) is 13.2 Å². The van der Waals surface area contributed by atoms with Crippen molar-refractivity contribution in [2.24, 2.45) is 0 Å². The standard InChI is InChI=1S/C20H22N2O4S2/c1-13-6-9-17(14(2)11-13)26-10-4-5-19(23)22-20-21-16-8-7-15(28(3,24)25)12-18(16)27-20/h6-9,11-12H,4-5,10H2,1-3H3,(H,21,22,23). The number of sulfone groups is 1. The summed E-state index contributed by atoms with van der Waals surface area (Å²) in [6.07, 6.45) is 2.07. The van der Waals surface area contributed by atoms with Gasteiger partial charge in [0, 0.05) is 12.7 Å². The van der Waals surface area contributed by atoms with Crippen molar-refractivity contribution in [3.63, 3.8) is 0 Å². The van der Waals surface area contributed by atoms with Crippen LogP contribution in [0.5, 0.6) is 5.75 Å². The minimum Gasteiger partial charge on any atom is -0.493 e. The van der Waals surface area contributed by atoms with Crippen LogP contribution in [0.3, 0.4) is 0 Å². The van der Waals surface area contributed by atoms with E-state index in [2.05, 4.69) is 16.4 Å². The summed E-state index contributed by atoms with van der Waals surface area (Å²) in [5.74, 6) is 0.686. The van der Waals surface area contributed by atoms with Crippen LogP contribution in [-0.4, -0.2) is 32.2 Å². The van der Waals surface area contributed by atoms with Crippen molar-refractivity contribution < 1.29 is 17.9 Å². The third-order valence-corrected chi connectivity index (χ3v) is 6.21. The third-order valence-electron chi connectivity index (χ3n) is 4.17. The van der Waals surface area contributed by atoms with Gasteiger partial charge in [-0.05, 0) is 50.1 Å². The van der Waals surface area contributed by atoms with Gasteiger partial charge in [0.15, 0.2) is 15.0 Å². The van der Waals surface area contributed by atoms with E-state index >= 15 is 0 Å². The lowest BCUT2D eigenvalue weighted by molar-refractivity contribution is -0.116. The molecule has 0 saturated carbocycles. The van der Waals surface area contributed by atoms with Crippen molar-refractivity contribution in [2.75, 3.05) is 18.2 Å². The monoisotopic (exact) mass is 418 g/mol. The highest BCUT2D eigenvalue weighted by Crippen LogP contribution is 2.28. The normalized spacial score (nSPS) is 11.5. The van der Waals surface area contributed by atoms with E-state index in [0.29, 0.717) is 30.1 Å². The highest BCUT2D eigenvalue weighted by molar-refractivity contribution is 7.90. The molecular weight excluding hydrogens is 396 g/mol. The van der Waals surface area contributed by atoms with Gasteiger partial charge in [-0.25, -0.2) is 13.4 Å². The van der Waals surface area contributed by atoms with Gasteiger partial charge < -0.3 is 10.1 Å². The summed E-state index contributed by atoms with van der Waals surface area (Å²) >= 11 is 1.26. The fourth-order valence-corrected chi connectivity index (χ4v) is 4.39.